The zero-order valence-electron chi connectivity index (χ0n) is 15.8. The number of aryl methyl sites for hydroxylation is 1. The number of methoxy groups -OCH3 is 2. The smallest absolute Gasteiger partial charge is 0.252 e. The Morgan fingerprint density at radius 2 is 2.00 bits per heavy atom. The highest BCUT2D eigenvalue weighted by atomic mass is 19.1. The summed E-state index contributed by atoms with van der Waals surface area (Å²) in [5, 5.41) is 7.31. The van der Waals surface area contributed by atoms with Crippen molar-refractivity contribution in [1.82, 2.24) is 20.1 Å². The van der Waals surface area contributed by atoms with Crippen LogP contribution < -0.4 is 14.8 Å². The Bertz CT molecular complexity index is 1080. The van der Waals surface area contributed by atoms with Crippen LogP contribution in [0, 0.1) is 11.6 Å². The standard InChI is InChI=1S/C20H18F2N4O3/c1-28-13-6-11(5-12(21)7-13)20(27)24-16-3-4-26-18(16)9-17(25-26)14-8-19(29-2)23-10-15(14)22/h5-10,16H,3-4H2,1-2H3,(H,24,27)/t16-/m0/s1. The first-order chi connectivity index (χ1) is 14.0. The Hall–Kier alpha value is -3.49. The molecule has 0 spiro atoms. The average molecular weight is 400 g/mol. The van der Waals surface area contributed by atoms with Crippen LogP contribution in [-0.4, -0.2) is 34.9 Å². The highest BCUT2D eigenvalue weighted by Crippen LogP contribution is 2.32. The molecule has 29 heavy (non-hydrogen) atoms. The van der Waals surface area contributed by atoms with Crippen LogP contribution in [0.2, 0.25) is 0 Å². The Kier molecular flexibility index (Phi) is 4.87. The van der Waals surface area contributed by atoms with Crippen LogP contribution in [0.1, 0.15) is 28.5 Å². The van der Waals surface area contributed by atoms with Crippen LogP contribution in [-0.2, 0) is 6.54 Å². The van der Waals surface area contributed by atoms with Crippen molar-refractivity contribution < 1.29 is 23.0 Å². The van der Waals surface area contributed by atoms with Crippen molar-refractivity contribution in [3.8, 4) is 22.9 Å². The van der Waals surface area contributed by atoms with Crippen LogP contribution in [0.4, 0.5) is 8.78 Å². The van der Waals surface area contributed by atoms with Gasteiger partial charge >= 0.3 is 0 Å². The molecule has 9 heteroatoms. The predicted molar refractivity (Wildman–Crippen MR) is 99.7 cm³/mol. The molecule has 0 unspecified atom stereocenters. The Balaban J connectivity index is 1.58. The van der Waals surface area contributed by atoms with Gasteiger partial charge in [0.15, 0.2) is 5.82 Å². The molecule has 1 aromatic carbocycles. The molecule has 1 N–H and O–H groups in total. The number of aromatic nitrogens is 3. The molecule has 4 rings (SSSR count). The molecule has 1 atom stereocenters. The van der Waals surface area contributed by atoms with Gasteiger partial charge in [0.25, 0.3) is 5.91 Å². The second-order valence-corrected chi connectivity index (χ2v) is 6.58. The van der Waals surface area contributed by atoms with Gasteiger partial charge in [0.1, 0.15) is 11.6 Å². The molecule has 0 aliphatic carbocycles. The number of benzene rings is 1. The summed E-state index contributed by atoms with van der Waals surface area (Å²) in [6.45, 7) is 0.566. The fraction of sp³-hybridized carbons (Fsp3) is 0.250. The van der Waals surface area contributed by atoms with E-state index >= 15 is 0 Å². The molecular formula is C20H18F2N4O3. The molecule has 3 aromatic rings. The quantitative estimate of drug-likeness (QED) is 0.712. The fourth-order valence-corrected chi connectivity index (χ4v) is 3.35. The van der Waals surface area contributed by atoms with E-state index in [9.17, 15) is 13.6 Å². The summed E-state index contributed by atoms with van der Waals surface area (Å²) in [4.78, 5) is 16.4. The van der Waals surface area contributed by atoms with Gasteiger partial charge in [-0.2, -0.15) is 5.10 Å². The maximum absolute atomic E-state index is 14.2. The van der Waals surface area contributed by atoms with E-state index in [0.717, 1.165) is 18.0 Å². The topological polar surface area (TPSA) is 78.3 Å². The first-order valence-electron chi connectivity index (χ1n) is 8.91. The number of halogens is 2. The second-order valence-electron chi connectivity index (χ2n) is 6.58. The molecule has 7 nitrogen and oxygen atoms in total. The molecule has 150 valence electrons. The van der Waals surface area contributed by atoms with Crippen LogP contribution in [0.15, 0.2) is 36.5 Å². The number of nitrogens with one attached hydrogen (secondary N) is 1. The Labute approximate surface area is 165 Å². The number of pyridine rings is 1. The monoisotopic (exact) mass is 400 g/mol. The molecule has 1 amide bonds. The van der Waals surface area contributed by atoms with Gasteiger partial charge < -0.3 is 14.8 Å². The van der Waals surface area contributed by atoms with Gasteiger partial charge in [-0.1, -0.05) is 0 Å². The summed E-state index contributed by atoms with van der Waals surface area (Å²) in [7, 11) is 2.85. The lowest BCUT2D eigenvalue weighted by Gasteiger charge is -2.12. The van der Waals surface area contributed by atoms with E-state index in [0.29, 0.717) is 18.7 Å². The maximum atomic E-state index is 14.2. The SMILES string of the molecule is COc1cc(F)cc(C(=O)N[C@H]2CCn3nc(-c4cc(OC)ncc4F)cc32)c1. The zero-order valence-corrected chi connectivity index (χ0v) is 15.8. The summed E-state index contributed by atoms with van der Waals surface area (Å²) >= 11 is 0. The zero-order chi connectivity index (χ0) is 20.5. The number of hydrogen-bond donors (Lipinski definition) is 1. The van der Waals surface area contributed by atoms with E-state index in [2.05, 4.69) is 15.4 Å². The van der Waals surface area contributed by atoms with Crippen molar-refractivity contribution in [1.29, 1.82) is 0 Å². The second kappa shape index (κ2) is 7.50. The third-order valence-corrected chi connectivity index (χ3v) is 4.79. The molecule has 0 radical (unpaired) electrons. The minimum absolute atomic E-state index is 0.157. The van der Waals surface area contributed by atoms with Crippen LogP contribution >= 0.6 is 0 Å². The van der Waals surface area contributed by atoms with Crippen molar-refractivity contribution in [3.05, 3.63) is 59.4 Å². The van der Waals surface area contributed by atoms with Gasteiger partial charge in [-0.15, -0.1) is 0 Å². The number of carbonyl (C=O) groups is 1. The number of rotatable bonds is 5. The minimum Gasteiger partial charge on any atom is -0.497 e. The first kappa shape index (κ1) is 18.9. The minimum atomic E-state index is -0.560. The van der Waals surface area contributed by atoms with Crippen molar-refractivity contribution in [3.63, 3.8) is 0 Å². The van der Waals surface area contributed by atoms with Crippen LogP contribution in [0.25, 0.3) is 11.3 Å². The summed E-state index contributed by atoms with van der Waals surface area (Å²) in [6, 6.07) is 6.68. The molecule has 2 aromatic heterocycles. The number of amides is 1. The lowest BCUT2D eigenvalue weighted by Crippen LogP contribution is -2.27. The van der Waals surface area contributed by atoms with E-state index in [4.69, 9.17) is 9.47 Å². The van der Waals surface area contributed by atoms with Gasteiger partial charge in [-0.3, -0.25) is 9.48 Å². The van der Waals surface area contributed by atoms with E-state index < -0.39 is 17.5 Å². The number of carbonyl (C=O) groups excluding carboxylic acids is 1. The lowest BCUT2D eigenvalue weighted by atomic mass is 10.1. The van der Waals surface area contributed by atoms with Crippen LogP contribution in [0.5, 0.6) is 11.6 Å². The average Bonchev–Trinajstić information content (AvgIpc) is 3.29. The van der Waals surface area contributed by atoms with Gasteiger partial charge in [0.2, 0.25) is 5.88 Å². The number of fused-ring (bicyclic) bond motifs is 1. The molecule has 3 heterocycles. The van der Waals surface area contributed by atoms with Gasteiger partial charge in [0.05, 0.1) is 37.8 Å². The van der Waals surface area contributed by atoms with E-state index in [1.807, 2.05) is 0 Å². The number of ether oxygens (including phenoxy) is 2. The number of nitrogens with zero attached hydrogens (tertiary/aromatic N) is 3. The van der Waals surface area contributed by atoms with E-state index in [1.165, 1.54) is 32.4 Å². The largest absolute Gasteiger partial charge is 0.497 e. The molecule has 0 saturated carbocycles. The highest BCUT2D eigenvalue weighted by molar-refractivity contribution is 5.94. The Morgan fingerprint density at radius 1 is 1.17 bits per heavy atom. The van der Waals surface area contributed by atoms with E-state index in [1.54, 1.807) is 10.7 Å². The van der Waals surface area contributed by atoms with Gasteiger partial charge in [-0.05, 0) is 24.6 Å². The Morgan fingerprint density at radius 3 is 2.76 bits per heavy atom. The summed E-state index contributed by atoms with van der Waals surface area (Å²) in [6.07, 6.45) is 1.71. The third-order valence-electron chi connectivity index (χ3n) is 4.79. The van der Waals surface area contributed by atoms with Crippen molar-refractivity contribution >= 4 is 5.91 Å². The molecule has 0 bridgehead atoms. The predicted octanol–water partition coefficient (Wildman–Crippen LogP) is 3.12. The van der Waals surface area contributed by atoms with Crippen molar-refractivity contribution in [2.45, 2.75) is 19.0 Å². The van der Waals surface area contributed by atoms with Crippen LogP contribution in [0.3, 0.4) is 0 Å². The first-order valence-corrected chi connectivity index (χ1v) is 8.91. The molecule has 0 saturated heterocycles. The highest BCUT2D eigenvalue weighted by Gasteiger charge is 2.28. The van der Waals surface area contributed by atoms with Gasteiger partial charge in [0, 0.05) is 29.8 Å². The van der Waals surface area contributed by atoms with Crippen molar-refractivity contribution in [2.75, 3.05) is 14.2 Å². The normalized spacial score (nSPS) is 15.1. The maximum Gasteiger partial charge on any atom is 0.252 e. The molecule has 0 fully saturated rings. The lowest BCUT2D eigenvalue weighted by molar-refractivity contribution is 0.0936. The van der Waals surface area contributed by atoms with Crippen molar-refractivity contribution in [2.24, 2.45) is 0 Å². The molecular weight excluding hydrogens is 382 g/mol. The third kappa shape index (κ3) is 3.63. The molecule has 1 aliphatic heterocycles. The van der Waals surface area contributed by atoms with Gasteiger partial charge in [-0.25, -0.2) is 13.8 Å². The fourth-order valence-electron chi connectivity index (χ4n) is 3.35. The number of hydrogen-bond acceptors (Lipinski definition) is 5. The van der Waals surface area contributed by atoms with E-state index in [-0.39, 0.29) is 28.8 Å². The summed E-state index contributed by atoms with van der Waals surface area (Å²) in [5.74, 6) is -0.971. The molecule has 1 aliphatic rings. The summed E-state index contributed by atoms with van der Waals surface area (Å²) < 4.78 is 39.7. The summed E-state index contributed by atoms with van der Waals surface area (Å²) in [5.41, 5.74) is 1.58.